The second-order valence-electron chi connectivity index (χ2n) is 5.67. The van der Waals surface area contributed by atoms with Crippen LogP contribution in [0.5, 0.6) is 0 Å². The quantitative estimate of drug-likeness (QED) is 0.861. The van der Waals surface area contributed by atoms with Crippen LogP contribution in [0.15, 0.2) is 18.2 Å². The molecule has 1 aromatic carbocycles. The fourth-order valence-corrected chi connectivity index (χ4v) is 2.76. The zero-order valence-corrected chi connectivity index (χ0v) is 14.1. The van der Waals surface area contributed by atoms with Gasteiger partial charge in [-0.2, -0.15) is 0 Å². The number of rotatable bonds is 2. The highest BCUT2D eigenvalue weighted by atomic mass is 16.2. The van der Waals surface area contributed by atoms with Crippen molar-refractivity contribution in [1.29, 1.82) is 0 Å². The first-order valence-corrected chi connectivity index (χ1v) is 8.25. The molecule has 1 fully saturated rings. The fraction of sp³-hybridized carbons (Fsp3) is 0.500. The van der Waals surface area contributed by atoms with Crippen molar-refractivity contribution in [2.75, 3.05) is 13.1 Å². The summed E-state index contributed by atoms with van der Waals surface area (Å²) in [5, 5.41) is 4.19. The first-order valence-electron chi connectivity index (χ1n) is 8.25. The van der Waals surface area contributed by atoms with E-state index in [-0.39, 0.29) is 6.03 Å². The summed E-state index contributed by atoms with van der Waals surface area (Å²) in [4.78, 5) is 17.2. The molecule has 2 heterocycles. The molecule has 1 aromatic heterocycles. The number of hydrogen-bond donors (Lipinski definition) is 2. The number of hydrogen-bond acceptors (Lipinski definition) is 1. The van der Waals surface area contributed by atoms with Gasteiger partial charge in [-0.05, 0) is 61.4 Å². The van der Waals surface area contributed by atoms with E-state index in [2.05, 4.69) is 42.3 Å². The maximum Gasteiger partial charge on any atom is 0.317 e. The van der Waals surface area contributed by atoms with E-state index in [0.29, 0.717) is 6.54 Å². The largest absolute Gasteiger partial charge is 0.357 e. The third-order valence-electron chi connectivity index (χ3n) is 4.11. The van der Waals surface area contributed by atoms with E-state index in [9.17, 15) is 4.79 Å². The van der Waals surface area contributed by atoms with E-state index in [1.165, 1.54) is 16.5 Å². The molecule has 1 saturated heterocycles. The number of aromatic nitrogens is 1. The third-order valence-corrected chi connectivity index (χ3v) is 4.11. The summed E-state index contributed by atoms with van der Waals surface area (Å²) >= 11 is 0. The van der Waals surface area contributed by atoms with Gasteiger partial charge in [-0.1, -0.05) is 13.8 Å². The first kappa shape index (κ1) is 16.4. The number of nitrogens with zero attached hydrogens (tertiary/aromatic N) is 1. The summed E-state index contributed by atoms with van der Waals surface area (Å²) in [6.45, 7) is 10.6. The van der Waals surface area contributed by atoms with Crippen LogP contribution < -0.4 is 5.32 Å². The summed E-state index contributed by atoms with van der Waals surface area (Å²) in [6.07, 6.45) is 2.25. The van der Waals surface area contributed by atoms with Gasteiger partial charge < -0.3 is 15.2 Å². The number of carbonyl (C=O) groups is 1. The molecule has 0 bridgehead atoms. The zero-order valence-electron chi connectivity index (χ0n) is 14.1. The Morgan fingerprint density at radius 3 is 2.45 bits per heavy atom. The predicted octanol–water partition coefficient (Wildman–Crippen LogP) is 4.12. The maximum atomic E-state index is 11.9. The van der Waals surface area contributed by atoms with Gasteiger partial charge in [0.05, 0.1) is 6.54 Å². The van der Waals surface area contributed by atoms with E-state index in [1.807, 2.05) is 18.7 Å². The third kappa shape index (κ3) is 3.62. The summed E-state index contributed by atoms with van der Waals surface area (Å²) < 4.78 is 0. The molecule has 4 heteroatoms. The van der Waals surface area contributed by atoms with Gasteiger partial charge in [0.1, 0.15) is 0 Å². The summed E-state index contributed by atoms with van der Waals surface area (Å²) in [5.41, 5.74) is 4.77. The van der Waals surface area contributed by atoms with Crippen molar-refractivity contribution in [2.45, 2.75) is 47.1 Å². The second-order valence-corrected chi connectivity index (χ2v) is 5.67. The number of aryl methyl sites for hydroxylation is 2. The van der Waals surface area contributed by atoms with Gasteiger partial charge >= 0.3 is 6.03 Å². The van der Waals surface area contributed by atoms with Crippen LogP contribution in [0.3, 0.4) is 0 Å². The van der Waals surface area contributed by atoms with E-state index in [1.54, 1.807) is 0 Å². The van der Waals surface area contributed by atoms with Crippen molar-refractivity contribution in [2.24, 2.45) is 0 Å². The molecular formula is C18H27N3O. The van der Waals surface area contributed by atoms with Crippen LogP contribution in [0.25, 0.3) is 10.9 Å². The van der Waals surface area contributed by atoms with Crippen LogP contribution in [-0.2, 0) is 6.54 Å². The Morgan fingerprint density at radius 2 is 1.77 bits per heavy atom. The highest BCUT2D eigenvalue weighted by Gasteiger charge is 2.17. The maximum absolute atomic E-state index is 11.9. The van der Waals surface area contributed by atoms with Crippen LogP contribution >= 0.6 is 0 Å². The molecular weight excluding hydrogens is 274 g/mol. The van der Waals surface area contributed by atoms with Gasteiger partial charge in [-0.3, -0.25) is 0 Å². The molecule has 1 aliphatic heterocycles. The highest BCUT2D eigenvalue weighted by Crippen LogP contribution is 2.20. The molecule has 22 heavy (non-hydrogen) atoms. The normalized spacial score (nSPS) is 13.9. The molecule has 120 valence electrons. The molecule has 0 aliphatic carbocycles. The average Bonchev–Trinajstić information content (AvgIpc) is 3.17. The number of H-pyrrole nitrogens is 1. The lowest BCUT2D eigenvalue weighted by molar-refractivity contribution is 0.208. The van der Waals surface area contributed by atoms with Crippen molar-refractivity contribution < 1.29 is 4.79 Å². The lowest BCUT2D eigenvalue weighted by atomic mass is 10.1. The fourth-order valence-electron chi connectivity index (χ4n) is 2.76. The number of urea groups is 1. The molecule has 0 unspecified atom stereocenters. The zero-order chi connectivity index (χ0) is 16.1. The monoisotopic (exact) mass is 301 g/mol. The van der Waals surface area contributed by atoms with E-state index in [4.69, 9.17) is 0 Å². The summed E-state index contributed by atoms with van der Waals surface area (Å²) in [5.74, 6) is 0. The highest BCUT2D eigenvalue weighted by molar-refractivity contribution is 5.82. The number of likely N-dealkylation sites (tertiary alicyclic amines) is 1. The number of benzene rings is 1. The van der Waals surface area contributed by atoms with Gasteiger partial charge in [0.25, 0.3) is 0 Å². The van der Waals surface area contributed by atoms with Crippen molar-refractivity contribution in [1.82, 2.24) is 15.2 Å². The van der Waals surface area contributed by atoms with Gasteiger partial charge in [-0.15, -0.1) is 0 Å². The van der Waals surface area contributed by atoms with E-state index < -0.39 is 0 Å². The minimum absolute atomic E-state index is 0.0496. The summed E-state index contributed by atoms with van der Waals surface area (Å²) in [7, 11) is 0. The second kappa shape index (κ2) is 7.34. The van der Waals surface area contributed by atoms with E-state index >= 15 is 0 Å². The van der Waals surface area contributed by atoms with Gasteiger partial charge in [0.15, 0.2) is 0 Å². The Bertz CT molecular complexity index is 600. The Kier molecular flexibility index (Phi) is 5.47. The van der Waals surface area contributed by atoms with Crippen LogP contribution in [0.4, 0.5) is 4.79 Å². The van der Waals surface area contributed by atoms with Crippen LogP contribution in [0.1, 0.15) is 43.5 Å². The van der Waals surface area contributed by atoms with Gasteiger partial charge in [0.2, 0.25) is 0 Å². The van der Waals surface area contributed by atoms with Crippen LogP contribution in [-0.4, -0.2) is 29.0 Å². The molecule has 0 radical (unpaired) electrons. The van der Waals surface area contributed by atoms with Crippen molar-refractivity contribution in [3.05, 3.63) is 35.0 Å². The molecule has 3 rings (SSSR count). The first-order chi connectivity index (χ1) is 10.6. The number of carbonyl (C=O) groups excluding carboxylic acids is 1. The Morgan fingerprint density at radius 1 is 1.14 bits per heavy atom. The molecule has 2 aromatic rings. The summed E-state index contributed by atoms with van der Waals surface area (Å²) in [6, 6.07) is 6.52. The Hall–Kier alpha value is -1.97. The van der Waals surface area contributed by atoms with Crippen molar-refractivity contribution in [3.8, 4) is 0 Å². The lowest BCUT2D eigenvalue weighted by Gasteiger charge is -2.15. The Balaban J connectivity index is 0.000000847. The number of aromatic amines is 1. The lowest BCUT2D eigenvalue weighted by Crippen LogP contribution is -2.37. The van der Waals surface area contributed by atoms with E-state index in [0.717, 1.165) is 37.1 Å². The number of amides is 2. The minimum atomic E-state index is 0.0496. The molecule has 0 saturated carbocycles. The predicted molar refractivity (Wildman–Crippen MR) is 92.2 cm³/mol. The van der Waals surface area contributed by atoms with Crippen molar-refractivity contribution in [3.63, 3.8) is 0 Å². The molecule has 0 atom stereocenters. The average molecular weight is 301 g/mol. The molecule has 2 amide bonds. The van der Waals surface area contributed by atoms with Crippen LogP contribution in [0.2, 0.25) is 0 Å². The molecule has 2 N–H and O–H groups in total. The minimum Gasteiger partial charge on any atom is -0.357 e. The standard InChI is InChI=1S/C16H21N3O.C2H6/c1-11-7-13-9-14(18-15(13)8-12(11)2)10-17-16(20)19-5-3-4-6-19;1-2/h7-9,18H,3-6,10H2,1-2H3,(H,17,20);1-2H3. The SMILES string of the molecule is CC.Cc1cc2cc(CNC(=O)N3CCCC3)[nH]c2cc1C. The number of nitrogens with one attached hydrogen (secondary N) is 2. The van der Waals surface area contributed by atoms with Gasteiger partial charge in [-0.25, -0.2) is 4.79 Å². The smallest absolute Gasteiger partial charge is 0.317 e. The molecule has 1 aliphatic rings. The van der Waals surface area contributed by atoms with Crippen molar-refractivity contribution >= 4 is 16.9 Å². The van der Waals surface area contributed by atoms with Gasteiger partial charge in [0, 0.05) is 24.3 Å². The van der Waals surface area contributed by atoms with Crippen LogP contribution in [0, 0.1) is 13.8 Å². The topological polar surface area (TPSA) is 48.1 Å². The number of fused-ring (bicyclic) bond motifs is 1. The molecule has 0 spiro atoms. The molecule has 4 nitrogen and oxygen atoms in total. The Labute approximate surface area is 132 Å².